The number of thiocarbonyl (C=S) groups is 1. The minimum absolute atomic E-state index is 0.0692. The van der Waals surface area contributed by atoms with Crippen LogP contribution in [0.2, 0.25) is 0 Å². The lowest BCUT2D eigenvalue weighted by molar-refractivity contribution is -0.133. The zero-order chi connectivity index (χ0) is 23.5. The summed E-state index contributed by atoms with van der Waals surface area (Å²) < 4.78 is 10.8. The smallest absolute Gasteiger partial charge is 0.241 e. The van der Waals surface area contributed by atoms with Crippen molar-refractivity contribution in [3.8, 4) is 0 Å². The van der Waals surface area contributed by atoms with Crippen molar-refractivity contribution in [1.29, 1.82) is 0 Å². The van der Waals surface area contributed by atoms with Gasteiger partial charge in [0, 0.05) is 51.3 Å². The van der Waals surface area contributed by atoms with E-state index in [1.165, 1.54) is 32.1 Å². The quantitative estimate of drug-likeness (QED) is 0.407. The van der Waals surface area contributed by atoms with Gasteiger partial charge in [-0.2, -0.15) is 0 Å². The maximum absolute atomic E-state index is 13.0. The Morgan fingerprint density at radius 3 is 2.59 bits per heavy atom. The molecule has 8 nitrogen and oxygen atoms in total. The summed E-state index contributed by atoms with van der Waals surface area (Å²) in [6.45, 7) is 4.42. The van der Waals surface area contributed by atoms with Gasteiger partial charge in [0.2, 0.25) is 23.7 Å². The Bertz CT molecular complexity index is 916. The van der Waals surface area contributed by atoms with Gasteiger partial charge in [-0.1, -0.05) is 25.7 Å². The highest BCUT2D eigenvalue weighted by atomic mass is 32.1. The minimum atomic E-state index is -0.471. The number of carbonyl (C=O) groups is 2. The molecule has 184 valence electrons. The van der Waals surface area contributed by atoms with Crippen molar-refractivity contribution in [2.24, 2.45) is 10.9 Å². The van der Waals surface area contributed by atoms with Crippen LogP contribution < -0.4 is 0 Å². The summed E-state index contributed by atoms with van der Waals surface area (Å²) in [7, 11) is 0. The van der Waals surface area contributed by atoms with Crippen molar-refractivity contribution >= 4 is 34.9 Å². The van der Waals surface area contributed by atoms with E-state index in [9.17, 15) is 9.59 Å². The molecular formula is C25H34N4O4S. The molecule has 2 amide bonds. The Kier molecular flexibility index (Phi) is 7.29. The van der Waals surface area contributed by atoms with Gasteiger partial charge in [0.1, 0.15) is 5.92 Å². The van der Waals surface area contributed by atoms with Gasteiger partial charge in [-0.05, 0) is 44.0 Å². The predicted molar refractivity (Wildman–Crippen MR) is 132 cm³/mol. The monoisotopic (exact) mass is 486 g/mol. The molecule has 0 spiro atoms. The molecule has 0 bridgehead atoms. The number of nitrogens with zero attached hydrogens (tertiary/aromatic N) is 4. The normalized spacial score (nSPS) is 25.6. The second-order valence-corrected chi connectivity index (χ2v) is 10.1. The van der Waals surface area contributed by atoms with Crippen LogP contribution in [0.25, 0.3) is 0 Å². The number of fused-ring (bicyclic) bond motifs is 2. The van der Waals surface area contributed by atoms with E-state index in [2.05, 4.69) is 9.89 Å². The molecule has 0 N–H and O–H groups in total. The molecule has 0 radical (unpaired) electrons. The summed E-state index contributed by atoms with van der Waals surface area (Å²) in [5.41, 5.74) is 0.615. The molecule has 2 aliphatic carbocycles. The maximum atomic E-state index is 13.0. The minimum Gasteiger partial charge on any atom is -0.454 e. The summed E-state index contributed by atoms with van der Waals surface area (Å²) in [6, 6.07) is 0.733. The van der Waals surface area contributed by atoms with Gasteiger partial charge >= 0.3 is 0 Å². The number of carbonyl (C=O) groups excluding carboxylic acids is 2. The third kappa shape index (κ3) is 5.05. The number of piperazine rings is 1. The number of amides is 2. The number of ether oxygens (including phenoxy) is 2. The van der Waals surface area contributed by atoms with Crippen molar-refractivity contribution in [3.05, 3.63) is 23.7 Å². The van der Waals surface area contributed by atoms with Crippen LogP contribution in [0.4, 0.5) is 0 Å². The van der Waals surface area contributed by atoms with Crippen LogP contribution in [0, 0.1) is 5.92 Å². The van der Waals surface area contributed by atoms with Crippen LogP contribution in [-0.4, -0.2) is 82.9 Å². The molecule has 3 aliphatic heterocycles. The van der Waals surface area contributed by atoms with E-state index in [1.807, 2.05) is 4.90 Å². The molecule has 1 saturated carbocycles. The topological polar surface area (TPSA) is 74.7 Å². The molecular weight excluding hydrogens is 452 g/mol. The van der Waals surface area contributed by atoms with Gasteiger partial charge in [-0.25, -0.2) is 4.99 Å². The van der Waals surface area contributed by atoms with E-state index in [0.29, 0.717) is 35.3 Å². The van der Waals surface area contributed by atoms with Crippen LogP contribution in [0.5, 0.6) is 0 Å². The zero-order valence-corrected chi connectivity index (χ0v) is 20.6. The van der Waals surface area contributed by atoms with Crippen LogP contribution in [0.3, 0.4) is 0 Å². The van der Waals surface area contributed by atoms with Gasteiger partial charge in [0.25, 0.3) is 0 Å². The highest BCUT2D eigenvalue weighted by molar-refractivity contribution is 7.80. The van der Waals surface area contributed by atoms with E-state index in [0.717, 1.165) is 51.5 Å². The van der Waals surface area contributed by atoms with Gasteiger partial charge in [-0.3, -0.25) is 19.4 Å². The summed E-state index contributed by atoms with van der Waals surface area (Å²) >= 11 is 5.38. The third-order valence-electron chi connectivity index (χ3n) is 7.61. The first-order valence-electron chi connectivity index (χ1n) is 12.8. The SMILES string of the molecule is O=C(CCCCCN1C(=O)C2C=C3OCOC3=CC2=NC1=S)N1CCN(C2CCCCC2)CC1. The summed E-state index contributed by atoms with van der Waals surface area (Å²) in [5, 5.41) is 0.302. The number of rotatable bonds is 7. The molecule has 5 aliphatic rings. The predicted octanol–water partition coefficient (Wildman–Crippen LogP) is 2.99. The fraction of sp³-hybridized carbons (Fsp3) is 0.680. The maximum Gasteiger partial charge on any atom is 0.241 e. The van der Waals surface area contributed by atoms with Crippen LogP contribution in [-0.2, 0) is 19.1 Å². The molecule has 0 aromatic heterocycles. The number of aliphatic imine (C=N–C) groups is 1. The Labute approximate surface area is 206 Å². The highest BCUT2D eigenvalue weighted by Gasteiger charge is 2.38. The number of allylic oxidation sites excluding steroid dienone is 1. The lowest BCUT2D eigenvalue weighted by atomic mass is 9.93. The molecule has 2 saturated heterocycles. The molecule has 0 aromatic carbocycles. The van der Waals surface area contributed by atoms with Crippen molar-refractivity contribution in [2.75, 3.05) is 39.5 Å². The average molecular weight is 487 g/mol. The molecule has 1 unspecified atom stereocenters. The first-order chi connectivity index (χ1) is 16.6. The van der Waals surface area contributed by atoms with E-state index in [4.69, 9.17) is 21.7 Å². The largest absolute Gasteiger partial charge is 0.454 e. The molecule has 9 heteroatoms. The lowest BCUT2D eigenvalue weighted by Crippen LogP contribution is -2.52. The third-order valence-corrected chi connectivity index (χ3v) is 7.92. The van der Waals surface area contributed by atoms with Gasteiger partial charge in [-0.15, -0.1) is 0 Å². The summed E-state index contributed by atoms with van der Waals surface area (Å²) in [6.07, 6.45) is 13.3. The van der Waals surface area contributed by atoms with Crippen LogP contribution in [0.1, 0.15) is 57.8 Å². The van der Waals surface area contributed by atoms with Crippen molar-refractivity contribution in [1.82, 2.24) is 14.7 Å². The second kappa shape index (κ2) is 10.6. The Morgan fingerprint density at radius 2 is 1.79 bits per heavy atom. The standard InChI is InChI=1S/C25H34N4O4S/c30-23(28-13-11-27(12-14-28)18-7-3-1-4-8-18)9-5-2-6-10-29-24(31)19-15-21-22(33-17-32-21)16-20(19)26-25(29)34/h15-16,18-19H,1-14,17H2. The molecule has 0 aromatic rings. The van der Waals surface area contributed by atoms with Crippen LogP contribution in [0.15, 0.2) is 28.7 Å². The summed E-state index contributed by atoms with van der Waals surface area (Å²) in [5.74, 6) is 0.931. The Hall–Kier alpha value is -2.26. The Balaban J connectivity index is 1.02. The first-order valence-corrected chi connectivity index (χ1v) is 13.2. The van der Waals surface area contributed by atoms with E-state index in [-0.39, 0.29) is 18.6 Å². The lowest BCUT2D eigenvalue weighted by Gasteiger charge is -2.40. The van der Waals surface area contributed by atoms with Gasteiger partial charge in [0.05, 0.1) is 5.71 Å². The van der Waals surface area contributed by atoms with E-state index >= 15 is 0 Å². The van der Waals surface area contributed by atoms with Crippen molar-refractivity contribution in [2.45, 2.75) is 63.8 Å². The van der Waals surface area contributed by atoms with Crippen LogP contribution >= 0.6 is 12.2 Å². The fourth-order valence-corrected chi connectivity index (χ4v) is 5.89. The van der Waals surface area contributed by atoms with E-state index < -0.39 is 5.92 Å². The molecule has 3 heterocycles. The highest BCUT2D eigenvalue weighted by Crippen LogP contribution is 2.31. The zero-order valence-electron chi connectivity index (χ0n) is 19.7. The van der Waals surface area contributed by atoms with Crippen molar-refractivity contribution < 1.29 is 19.1 Å². The average Bonchev–Trinajstić information content (AvgIpc) is 3.32. The molecule has 1 atom stereocenters. The molecule has 3 fully saturated rings. The molecule has 5 rings (SSSR count). The first kappa shape index (κ1) is 23.5. The number of hydrogen-bond donors (Lipinski definition) is 0. The summed E-state index contributed by atoms with van der Waals surface area (Å²) in [4.78, 5) is 36.3. The van der Waals surface area contributed by atoms with Crippen molar-refractivity contribution in [3.63, 3.8) is 0 Å². The fourth-order valence-electron chi connectivity index (χ4n) is 5.60. The second-order valence-electron chi connectivity index (χ2n) is 9.75. The Morgan fingerprint density at radius 1 is 1.03 bits per heavy atom. The van der Waals surface area contributed by atoms with Gasteiger partial charge < -0.3 is 14.4 Å². The number of hydrogen-bond acceptors (Lipinski definition) is 6. The molecule has 34 heavy (non-hydrogen) atoms. The number of unbranched alkanes of at least 4 members (excludes halogenated alkanes) is 2. The van der Waals surface area contributed by atoms with Gasteiger partial charge in [0.15, 0.2) is 11.5 Å². The van der Waals surface area contributed by atoms with E-state index in [1.54, 1.807) is 17.1 Å².